The van der Waals surface area contributed by atoms with Crippen LogP contribution in [0.15, 0.2) is 12.7 Å². The van der Waals surface area contributed by atoms with Crippen LogP contribution < -0.4 is 0 Å². The third kappa shape index (κ3) is 9.95. The summed E-state index contributed by atoms with van der Waals surface area (Å²) in [6.07, 6.45) is 12.2. The summed E-state index contributed by atoms with van der Waals surface area (Å²) in [4.78, 5) is 0. The maximum Gasteiger partial charge on any atom is 0.0333 e. The van der Waals surface area contributed by atoms with Gasteiger partial charge in [-0.25, -0.2) is 0 Å². The molecule has 0 fully saturated rings. The summed E-state index contributed by atoms with van der Waals surface area (Å²) in [7, 11) is 0. The normalized spacial score (nSPS) is 12.8. The highest BCUT2D eigenvalue weighted by Crippen LogP contribution is 2.13. The fourth-order valence-corrected chi connectivity index (χ4v) is 1.54. The number of alkyl halides is 1. The van der Waals surface area contributed by atoms with Crippen molar-refractivity contribution in [2.75, 3.05) is 0 Å². The maximum absolute atomic E-state index is 6.01. The molecule has 78 valence electrons. The van der Waals surface area contributed by atoms with Gasteiger partial charge in [-0.3, -0.25) is 0 Å². The first-order chi connectivity index (χ1) is 6.31. The van der Waals surface area contributed by atoms with Gasteiger partial charge >= 0.3 is 0 Å². The first-order valence-electron chi connectivity index (χ1n) is 5.56. The molecule has 0 amide bonds. The second-order valence-corrected chi connectivity index (χ2v) is 4.26. The third-order valence-corrected chi connectivity index (χ3v) is 2.90. The Kier molecular flexibility index (Phi) is 10.1. The van der Waals surface area contributed by atoms with Crippen LogP contribution in [0.5, 0.6) is 0 Å². The van der Waals surface area contributed by atoms with Crippen LogP contribution in [0.4, 0.5) is 0 Å². The minimum Gasteiger partial charge on any atom is -0.123 e. The average Bonchev–Trinajstić information content (AvgIpc) is 2.16. The predicted octanol–water partition coefficient (Wildman–Crippen LogP) is 4.92. The number of hydrogen-bond acceptors (Lipinski definition) is 0. The second-order valence-electron chi connectivity index (χ2n) is 3.64. The summed E-state index contributed by atoms with van der Waals surface area (Å²) >= 11 is 6.01. The molecule has 0 rings (SSSR count). The van der Waals surface area contributed by atoms with Crippen molar-refractivity contribution in [1.82, 2.24) is 0 Å². The molecule has 0 spiro atoms. The zero-order valence-corrected chi connectivity index (χ0v) is 9.65. The summed E-state index contributed by atoms with van der Waals surface area (Å²) in [5.41, 5.74) is 0. The highest BCUT2D eigenvalue weighted by molar-refractivity contribution is 6.20. The average molecular weight is 203 g/mol. The van der Waals surface area contributed by atoms with Crippen LogP contribution in [0, 0.1) is 0 Å². The van der Waals surface area contributed by atoms with E-state index in [0.29, 0.717) is 5.38 Å². The fraction of sp³-hybridized carbons (Fsp3) is 0.833. The lowest BCUT2D eigenvalue weighted by atomic mass is 10.1. The number of allylic oxidation sites excluding steroid dienone is 1. The van der Waals surface area contributed by atoms with E-state index >= 15 is 0 Å². The molecular formula is C12H23Cl. The van der Waals surface area contributed by atoms with Crippen LogP contribution >= 0.6 is 11.6 Å². The molecule has 0 aliphatic carbocycles. The van der Waals surface area contributed by atoms with Gasteiger partial charge in [0, 0.05) is 5.38 Å². The first-order valence-corrected chi connectivity index (χ1v) is 5.99. The minimum atomic E-state index is 0.410. The largest absolute Gasteiger partial charge is 0.123 e. The molecule has 0 bridgehead atoms. The molecule has 0 N–H and O–H groups in total. The summed E-state index contributed by atoms with van der Waals surface area (Å²) in [6.45, 7) is 5.87. The quantitative estimate of drug-likeness (QED) is 0.283. The van der Waals surface area contributed by atoms with E-state index in [1.54, 1.807) is 0 Å². The Morgan fingerprint density at radius 1 is 1.15 bits per heavy atom. The van der Waals surface area contributed by atoms with Crippen LogP contribution in [0.2, 0.25) is 0 Å². The molecule has 13 heavy (non-hydrogen) atoms. The van der Waals surface area contributed by atoms with Crippen molar-refractivity contribution in [2.45, 2.75) is 63.7 Å². The highest BCUT2D eigenvalue weighted by Gasteiger charge is 1.99. The molecule has 0 aromatic carbocycles. The molecule has 1 heteroatoms. The Labute approximate surface area is 88.4 Å². The Bertz CT molecular complexity index is 110. The minimum absolute atomic E-state index is 0.410. The summed E-state index contributed by atoms with van der Waals surface area (Å²) < 4.78 is 0. The lowest BCUT2D eigenvalue weighted by Gasteiger charge is -2.05. The predicted molar refractivity (Wildman–Crippen MR) is 62.4 cm³/mol. The van der Waals surface area contributed by atoms with Gasteiger partial charge in [0.1, 0.15) is 0 Å². The first kappa shape index (κ1) is 13.0. The van der Waals surface area contributed by atoms with Crippen LogP contribution in [-0.2, 0) is 0 Å². The van der Waals surface area contributed by atoms with Gasteiger partial charge in [-0.1, -0.05) is 38.7 Å². The van der Waals surface area contributed by atoms with E-state index in [9.17, 15) is 0 Å². The number of unbranched alkanes of at least 4 members (excludes halogenated alkanes) is 5. The smallest absolute Gasteiger partial charge is 0.0333 e. The van der Waals surface area contributed by atoms with Gasteiger partial charge in [-0.15, -0.1) is 18.2 Å². The van der Waals surface area contributed by atoms with Gasteiger partial charge in [-0.2, -0.15) is 0 Å². The van der Waals surface area contributed by atoms with Crippen molar-refractivity contribution in [3.8, 4) is 0 Å². The molecule has 1 unspecified atom stereocenters. The highest BCUT2D eigenvalue weighted by atomic mass is 35.5. The molecule has 0 saturated carbocycles. The molecule has 1 atom stereocenters. The zero-order chi connectivity index (χ0) is 9.94. The van der Waals surface area contributed by atoms with E-state index in [1.807, 2.05) is 6.08 Å². The van der Waals surface area contributed by atoms with Crippen molar-refractivity contribution < 1.29 is 0 Å². The van der Waals surface area contributed by atoms with Gasteiger partial charge < -0.3 is 0 Å². The summed E-state index contributed by atoms with van der Waals surface area (Å²) in [6, 6.07) is 0. The standard InChI is InChI=1S/C12H23Cl/c1-3-5-6-7-8-9-10-11-12(13)4-2/h3,12H,1,4-11H2,2H3. The van der Waals surface area contributed by atoms with E-state index in [0.717, 1.165) is 6.42 Å². The van der Waals surface area contributed by atoms with Crippen molar-refractivity contribution in [3.63, 3.8) is 0 Å². The van der Waals surface area contributed by atoms with Crippen molar-refractivity contribution in [1.29, 1.82) is 0 Å². The maximum atomic E-state index is 6.01. The van der Waals surface area contributed by atoms with Gasteiger partial charge in [-0.05, 0) is 25.7 Å². The van der Waals surface area contributed by atoms with E-state index in [4.69, 9.17) is 11.6 Å². The van der Waals surface area contributed by atoms with E-state index in [-0.39, 0.29) is 0 Å². The van der Waals surface area contributed by atoms with Crippen molar-refractivity contribution in [2.24, 2.45) is 0 Å². The van der Waals surface area contributed by atoms with Gasteiger partial charge in [0.15, 0.2) is 0 Å². The van der Waals surface area contributed by atoms with Crippen LogP contribution in [0.25, 0.3) is 0 Å². The SMILES string of the molecule is C=CCCCCCCCC(Cl)CC. The number of hydrogen-bond donors (Lipinski definition) is 0. The molecule has 0 aromatic heterocycles. The van der Waals surface area contributed by atoms with E-state index in [2.05, 4.69) is 13.5 Å². The van der Waals surface area contributed by atoms with Gasteiger partial charge in [0.05, 0.1) is 0 Å². The number of rotatable bonds is 9. The summed E-state index contributed by atoms with van der Waals surface area (Å²) in [5, 5.41) is 0.410. The monoisotopic (exact) mass is 202 g/mol. The molecule has 0 saturated heterocycles. The number of halogens is 1. The van der Waals surface area contributed by atoms with Crippen molar-refractivity contribution >= 4 is 11.6 Å². The molecule has 0 aliphatic rings. The van der Waals surface area contributed by atoms with E-state index in [1.165, 1.54) is 44.9 Å². The topological polar surface area (TPSA) is 0 Å². The molecule has 0 radical (unpaired) electrons. The lowest BCUT2D eigenvalue weighted by Crippen LogP contribution is -1.94. The summed E-state index contributed by atoms with van der Waals surface area (Å²) in [5.74, 6) is 0. The van der Waals surface area contributed by atoms with Crippen molar-refractivity contribution in [3.05, 3.63) is 12.7 Å². The third-order valence-electron chi connectivity index (χ3n) is 2.37. The Morgan fingerprint density at radius 2 is 1.77 bits per heavy atom. The van der Waals surface area contributed by atoms with E-state index < -0.39 is 0 Å². The van der Waals surface area contributed by atoms with Gasteiger partial charge in [0.25, 0.3) is 0 Å². The molecule has 0 heterocycles. The molecule has 0 aliphatic heterocycles. The molecule has 0 aromatic rings. The Balaban J connectivity index is 2.95. The Hall–Kier alpha value is 0.0300. The molecular weight excluding hydrogens is 180 g/mol. The zero-order valence-electron chi connectivity index (χ0n) is 8.90. The lowest BCUT2D eigenvalue weighted by molar-refractivity contribution is 0.581. The fourth-order valence-electron chi connectivity index (χ4n) is 1.39. The second kappa shape index (κ2) is 10.1. The van der Waals surface area contributed by atoms with Gasteiger partial charge in [0.2, 0.25) is 0 Å². The Morgan fingerprint density at radius 3 is 2.38 bits per heavy atom. The van der Waals surface area contributed by atoms with Crippen LogP contribution in [0.3, 0.4) is 0 Å². The van der Waals surface area contributed by atoms with Crippen LogP contribution in [0.1, 0.15) is 58.3 Å². The molecule has 0 nitrogen and oxygen atoms in total. The van der Waals surface area contributed by atoms with Crippen LogP contribution in [-0.4, -0.2) is 5.38 Å².